The number of aromatic nitrogens is 5. The van der Waals surface area contributed by atoms with Crippen molar-refractivity contribution in [2.24, 2.45) is 7.05 Å². The van der Waals surface area contributed by atoms with E-state index in [2.05, 4.69) is 19.9 Å². The summed E-state index contributed by atoms with van der Waals surface area (Å²) in [6, 6.07) is 5.47. The van der Waals surface area contributed by atoms with Crippen LogP contribution in [0.2, 0.25) is 0 Å². The maximum absolute atomic E-state index is 12.9. The number of halogens is 3. The predicted molar refractivity (Wildman–Crippen MR) is 103 cm³/mol. The molecule has 12 heteroatoms. The van der Waals surface area contributed by atoms with E-state index >= 15 is 0 Å². The van der Waals surface area contributed by atoms with E-state index < -0.39 is 21.9 Å². The quantitative estimate of drug-likeness (QED) is 0.530. The number of hydrogen-bond acceptors (Lipinski definition) is 5. The van der Waals surface area contributed by atoms with Gasteiger partial charge in [0.2, 0.25) is 0 Å². The normalized spacial score (nSPS) is 12.4. The number of sulfonamides is 1. The van der Waals surface area contributed by atoms with Crippen LogP contribution >= 0.6 is 0 Å². The Morgan fingerprint density at radius 1 is 1.10 bits per heavy atom. The third-order valence-electron chi connectivity index (χ3n) is 4.53. The van der Waals surface area contributed by atoms with Gasteiger partial charge in [0.1, 0.15) is 10.6 Å². The molecule has 0 aliphatic heterocycles. The Labute approximate surface area is 169 Å². The number of fused-ring (bicyclic) bond motifs is 1. The molecule has 0 fully saturated rings. The van der Waals surface area contributed by atoms with Crippen LogP contribution in [-0.2, 0) is 23.2 Å². The molecule has 0 aliphatic carbocycles. The van der Waals surface area contributed by atoms with Crippen LogP contribution in [0.25, 0.3) is 16.6 Å². The second-order valence-corrected chi connectivity index (χ2v) is 8.27. The van der Waals surface area contributed by atoms with Gasteiger partial charge in [-0.1, -0.05) is 6.07 Å². The van der Waals surface area contributed by atoms with E-state index in [1.54, 1.807) is 30.1 Å². The number of nitrogens with one attached hydrogen (secondary N) is 1. The largest absolute Gasteiger partial charge is 0.433 e. The van der Waals surface area contributed by atoms with Gasteiger partial charge in [-0.15, -0.1) is 0 Å². The second kappa shape index (κ2) is 6.83. The summed E-state index contributed by atoms with van der Waals surface area (Å²) in [6.45, 7) is 1.89. The molecule has 0 atom stereocenters. The summed E-state index contributed by atoms with van der Waals surface area (Å²) in [5.74, 6) is 0. The fourth-order valence-electron chi connectivity index (χ4n) is 3.01. The fraction of sp³-hybridized carbons (Fsp3) is 0.167. The van der Waals surface area contributed by atoms with Crippen LogP contribution in [0.5, 0.6) is 0 Å². The number of pyridine rings is 1. The number of aryl methyl sites for hydroxylation is 2. The third kappa shape index (κ3) is 3.49. The maximum atomic E-state index is 12.9. The van der Waals surface area contributed by atoms with Crippen LogP contribution in [0.15, 0.2) is 53.9 Å². The highest BCUT2D eigenvalue weighted by molar-refractivity contribution is 7.92. The molecule has 0 bridgehead atoms. The molecule has 8 nitrogen and oxygen atoms in total. The van der Waals surface area contributed by atoms with Crippen molar-refractivity contribution in [2.75, 3.05) is 4.72 Å². The molecule has 30 heavy (non-hydrogen) atoms. The van der Waals surface area contributed by atoms with Crippen molar-refractivity contribution in [1.29, 1.82) is 0 Å². The summed E-state index contributed by atoms with van der Waals surface area (Å²) < 4.78 is 69.4. The third-order valence-corrected chi connectivity index (χ3v) is 5.85. The molecule has 0 aliphatic rings. The van der Waals surface area contributed by atoms with E-state index in [9.17, 15) is 21.6 Å². The zero-order valence-electron chi connectivity index (χ0n) is 15.7. The molecule has 0 saturated carbocycles. The number of benzene rings is 1. The molecule has 1 aromatic carbocycles. The average Bonchev–Trinajstić information content (AvgIpc) is 3.32. The molecule has 0 radical (unpaired) electrons. The highest BCUT2D eigenvalue weighted by atomic mass is 32.2. The molecule has 3 aromatic heterocycles. The Morgan fingerprint density at radius 3 is 2.60 bits per heavy atom. The molecule has 4 rings (SSSR count). The predicted octanol–water partition coefficient (Wildman–Crippen LogP) is 3.28. The summed E-state index contributed by atoms with van der Waals surface area (Å²) in [5.41, 5.74) is 0.799. The average molecular weight is 436 g/mol. The smallest absolute Gasteiger partial charge is 0.277 e. The Hall–Kier alpha value is -3.41. The van der Waals surface area contributed by atoms with Crippen LogP contribution in [0.4, 0.5) is 18.9 Å². The van der Waals surface area contributed by atoms with E-state index in [4.69, 9.17) is 0 Å². The van der Waals surface area contributed by atoms with Gasteiger partial charge in [0.05, 0.1) is 35.5 Å². The Morgan fingerprint density at radius 2 is 1.87 bits per heavy atom. The summed E-state index contributed by atoms with van der Waals surface area (Å²) in [7, 11) is -2.36. The summed E-state index contributed by atoms with van der Waals surface area (Å²) >= 11 is 0. The summed E-state index contributed by atoms with van der Waals surface area (Å²) in [4.78, 5) is 3.08. The topological polar surface area (TPSA) is 94.7 Å². The Kier molecular flexibility index (Phi) is 4.53. The molecule has 0 saturated heterocycles. The minimum atomic E-state index is -4.63. The summed E-state index contributed by atoms with van der Waals surface area (Å²) in [6.07, 6.45) is 0.191. The molecule has 0 unspecified atom stereocenters. The van der Waals surface area contributed by atoms with Crippen LogP contribution in [0.3, 0.4) is 0 Å². The highest BCUT2D eigenvalue weighted by Gasteiger charge is 2.32. The van der Waals surface area contributed by atoms with Gasteiger partial charge in [0, 0.05) is 18.6 Å². The fourth-order valence-corrected chi connectivity index (χ4v) is 4.01. The van der Waals surface area contributed by atoms with Gasteiger partial charge in [-0.25, -0.2) is 13.1 Å². The molecule has 0 spiro atoms. The maximum Gasteiger partial charge on any atom is 0.433 e. The van der Waals surface area contributed by atoms with E-state index in [1.807, 2.05) is 6.92 Å². The number of rotatable bonds is 4. The first-order chi connectivity index (χ1) is 14.1. The first-order valence-electron chi connectivity index (χ1n) is 8.59. The van der Waals surface area contributed by atoms with Gasteiger partial charge < -0.3 is 0 Å². The van der Waals surface area contributed by atoms with Crippen molar-refractivity contribution < 1.29 is 21.6 Å². The van der Waals surface area contributed by atoms with Crippen molar-refractivity contribution in [1.82, 2.24) is 24.5 Å². The monoisotopic (exact) mass is 436 g/mol. The molecule has 156 valence electrons. The lowest BCUT2D eigenvalue weighted by Gasteiger charge is -2.10. The van der Waals surface area contributed by atoms with Crippen molar-refractivity contribution >= 4 is 26.6 Å². The molecule has 3 heterocycles. The molecule has 0 amide bonds. The first kappa shape index (κ1) is 19.9. The zero-order chi connectivity index (χ0) is 21.7. The highest BCUT2D eigenvalue weighted by Crippen LogP contribution is 2.29. The Balaban J connectivity index is 1.69. The van der Waals surface area contributed by atoms with Gasteiger partial charge in [-0.3, -0.25) is 14.4 Å². The van der Waals surface area contributed by atoms with Gasteiger partial charge in [-0.05, 0) is 30.7 Å². The van der Waals surface area contributed by atoms with E-state index in [1.165, 1.54) is 6.07 Å². The van der Waals surface area contributed by atoms with E-state index in [-0.39, 0.29) is 10.6 Å². The van der Waals surface area contributed by atoms with Gasteiger partial charge in [0.25, 0.3) is 10.0 Å². The van der Waals surface area contributed by atoms with Gasteiger partial charge >= 0.3 is 6.18 Å². The van der Waals surface area contributed by atoms with Crippen molar-refractivity contribution in [3.63, 3.8) is 0 Å². The van der Waals surface area contributed by atoms with Gasteiger partial charge in [0.15, 0.2) is 0 Å². The summed E-state index contributed by atoms with van der Waals surface area (Å²) in [5, 5.41) is 8.84. The van der Waals surface area contributed by atoms with E-state index in [0.29, 0.717) is 11.2 Å². The van der Waals surface area contributed by atoms with Crippen LogP contribution < -0.4 is 4.72 Å². The number of nitrogens with zero attached hydrogens (tertiary/aromatic N) is 5. The second-order valence-electron chi connectivity index (χ2n) is 6.58. The number of hydrogen-bond donors (Lipinski definition) is 1. The van der Waals surface area contributed by atoms with E-state index in [0.717, 1.165) is 40.3 Å². The minimum absolute atomic E-state index is 0.0307. The van der Waals surface area contributed by atoms with Gasteiger partial charge in [-0.2, -0.15) is 23.4 Å². The molecule has 1 N–H and O–H groups in total. The number of alkyl halides is 3. The zero-order valence-corrected chi connectivity index (χ0v) is 16.5. The van der Waals surface area contributed by atoms with Crippen molar-refractivity contribution in [2.45, 2.75) is 18.0 Å². The molecular weight excluding hydrogens is 421 g/mol. The van der Waals surface area contributed by atoms with Crippen LogP contribution in [-0.4, -0.2) is 33.0 Å². The van der Waals surface area contributed by atoms with Crippen LogP contribution in [0, 0.1) is 6.92 Å². The van der Waals surface area contributed by atoms with Crippen LogP contribution in [0.1, 0.15) is 11.3 Å². The lowest BCUT2D eigenvalue weighted by Crippen LogP contribution is -2.13. The lowest BCUT2D eigenvalue weighted by molar-refractivity contribution is -0.141. The Bertz CT molecular complexity index is 1360. The first-order valence-corrected chi connectivity index (χ1v) is 10.1. The van der Waals surface area contributed by atoms with Crippen molar-refractivity contribution in [3.05, 3.63) is 60.3 Å². The standard InChI is InChI=1S/C18H15F3N6O2S/c1-11-3-4-15(17-14(11)9-23-26(17)2)25-30(28,29)13-8-24-27(10-13)12-5-6-22-16(7-12)18(19,20)21/h3-10,25H,1-2H3. The van der Waals surface area contributed by atoms with Crippen molar-refractivity contribution in [3.8, 4) is 5.69 Å². The lowest BCUT2D eigenvalue weighted by atomic mass is 10.1. The molecule has 4 aromatic rings. The SMILES string of the molecule is Cc1ccc(NS(=O)(=O)c2cnn(-c3ccnc(C(F)(F)F)c3)c2)c2c1cnn2C. The number of anilines is 1. The molecular formula is C18H15F3N6O2S. The minimum Gasteiger partial charge on any atom is -0.277 e.